The molecular formula is C16H18FNO. The average Bonchev–Trinajstić information content (AvgIpc) is 2.34. The maximum absolute atomic E-state index is 13.5. The maximum Gasteiger partial charge on any atom is 0.123 e. The summed E-state index contributed by atoms with van der Waals surface area (Å²) in [6, 6.07) is 4.62. The van der Waals surface area contributed by atoms with E-state index in [-0.39, 0.29) is 5.82 Å². The van der Waals surface area contributed by atoms with Gasteiger partial charge in [0.05, 0.1) is 11.1 Å². The number of pyridine rings is 1. The lowest BCUT2D eigenvalue weighted by atomic mass is 9.83. The Labute approximate surface area is 112 Å². The number of hydrogen-bond donors (Lipinski definition) is 1. The normalized spacial score (nSPS) is 15.6. The van der Waals surface area contributed by atoms with Crippen molar-refractivity contribution < 1.29 is 9.50 Å². The molecule has 1 aromatic carbocycles. The zero-order valence-corrected chi connectivity index (χ0v) is 11.3. The van der Waals surface area contributed by atoms with Crippen molar-refractivity contribution in [3.63, 3.8) is 0 Å². The van der Waals surface area contributed by atoms with Gasteiger partial charge in [0.15, 0.2) is 0 Å². The number of fused-ring (bicyclic) bond motifs is 2. The molecule has 3 heteroatoms. The van der Waals surface area contributed by atoms with Crippen LogP contribution in [0.2, 0.25) is 0 Å². The second kappa shape index (κ2) is 4.27. The molecule has 0 fully saturated rings. The van der Waals surface area contributed by atoms with E-state index < -0.39 is 5.60 Å². The third-order valence-electron chi connectivity index (χ3n) is 3.84. The van der Waals surface area contributed by atoms with Gasteiger partial charge in [0.1, 0.15) is 5.82 Å². The third kappa shape index (κ3) is 2.12. The minimum atomic E-state index is -0.976. The van der Waals surface area contributed by atoms with Gasteiger partial charge in [-0.2, -0.15) is 0 Å². The Kier molecular flexibility index (Phi) is 2.82. The molecule has 0 spiro atoms. The van der Waals surface area contributed by atoms with Crippen LogP contribution in [0.1, 0.15) is 43.5 Å². The molecule has 1 N–H and O–H groups in total. The lowest BCUT2D eigenvalue weighted by molar-refractivity contribution is 0.0789. The van der Waals surface area contributed by atoms with E-state index in [0.29, 0.717) is 0 Å². The van der Waals surface area contributed by atoms with Gasteiger partial charge in [-0.1, -0.05) is 0 Å². The number of aryl methyl sites for hydroxylation is 1. The van der Waals surface area contributed by atoms with E-state index in [1.165, 1.54) is 12.1 Å². The smallest absolute Gasteiger partial charge is 0.123 e. The summed E-state index contributed by atoms with van der Waals surface area (Å²) in [6.45, 7) is 3.53. The topological polar surface area (TPSA) is 33.1 Å². The Bertz CT molecular complexity index is 643. The first-order chi connectivity index (χ1) is 8.97. The summed E-state index contributed by atoms with van der Waals surface area (Å²) in [4.78, 5) is 4.65. The average molecular weight is 259 g/mol. The lowest BCUT2D eigenvalue weighted by Crippen LogP contribution is -2.22. The fourth-order valence-electron chi connectivity index (χ4n) is 3.09. The van der Waals surface area contributed by atoms with Crippen LogP contribution in [-0.4, -0.2) is 10.1 Å². The molecule has 0 radical (unpaired) electrons. The first-order valence-corrected chi connectivity index (χ1v) is 6.80. The number of hydrogen-bond acceptors (Lipinski definition) is 2. The van der Waals surface area contributed by atoms with E-state index in [1.54, 1.807) is 19.9 Å². The summed E-state index contributed by atoms with van der Waals surface area (Å²) in [5.74, 6) is -0.282. The number of aromatic nitrogens is 1. The zero-order chi connectivity index (χ0) is 13.6. The summed E-state index contributed by atoms with van der Waals surface area (Å²) in [7, 11) is 0. The number of rotatable bonds is 1. The monoisotopic (exact) mass is 259 g/mol. The van der Waals surface area contributed by atoms with Crippen molar-refractivity contribution in [1.82, 2.24) is 4.98 Å². The van der Waals surface area contributed by atoms with Crippen LogP contribution in [-0.2, 0) is 18.4 Å². The second-order valence-electron chi connectivity index (χ2n) is 5.84. The first kappa shape index (κ1) is 12.5. The number of aliphatic hydroxyl groups is 1. The van der Waals surface area contributed by atoms with Gasteiger partial charge in [-0.15, -0.1) is 0 Å². The summed E-state index contributed by atoms with van der Waals surface area (Å²) in [5.41, 5.74) is 2.85. The summed E-state index contributed by atoms with van der Waals surface area (Å²) >= 11 is 0. The molecule has 1 aliphatic carbocycles. The van der Waals surface area contributed by atoms with E-state index in [9.17, 15) is 9.50 Å². The Morgan fingerprint density at radius 3 is 2.68 bits per heavy atom. The van der Waals surface area contributed by atoms with Crippen LogP contribution in [0.3, 0.4) is 0 Å². The molecule has 2 nitrogen and oxygen atoms in total. The summed E-state index contributed by atoms with van der Waals surface area (Å²) in [5, 5.41) is 11.2. The quantitative estimate of drug-likeness (QED) is 0.850. The standard InChI is InChI=1S/C16H18FNO/c1-16(2,19)15-11-5-3-4-6-13(11)18-14-8-7-10(17)9-12(14)15/h7-9,19H,3-6H2,1-2H3. The summed E-state index contributed by atoms with van der Waals surface area (Å²) < 4.78 is 13.5. The molecule has 0 saturated heterocycles. The van der Waals surface area contributed by atoms with Crippen molar-refractivity contribution in [1.29, 1.82) is 0 Å². The molecule has 1 aromatic heterocycles. The van der Waals surface area contributed by atoms with Gasteiger partial charge in [0, 0.05) is 11.1 Å². The van der Waals surface area contributed by atoms with E-state index >= 15 is 0 Å². The maximum atomic E-state index is 13.5. The molecule has 100 valence electrons. The van der Waals surface area contributed by atoms with Crippen LogP contribution < -0.4 is 0 Å². The highest BCUT2D eigenvalue weighted by Gasteiger charge is 2.27. The Hall–Kier alpha value is -1.48. The highest BCUT2D eigenvalue weighted by Crippen LogP contribution is 2.36. The van der Waals surface area contributed by atoms with Crippen LogP contribution in [0.4, 0.5) is 4.39 Å². The fourth-order valence-corrected chi connectivity index (χ4v) is 3.09. The Morgan fingerprint density at radius 2 is 1.95 bits per heavy atom. The van der Waals surface area contributed by atoms with Gasteiger partial charge >= 0.3 is 0 Å². The molecule has 3 rings (SSSR count). The fraction of sp³-hybridized carbons (Fsp3) is 0.438. The predicted octanol–water partition coefficient (Wildman–Crippen LogP) is 3.48. The van der Waals surface area contributed by atoms with Crippen LogP contribution in [0, 0.1) is 5.82 Å². The molecule has 0 amide bonds. The second-order valence-corrected chi connectivity index (χ2v) is 5.84. The molecular weight excluding hydrogens is 241 g/mol. The number of nitrogens with zero attached hydrogens (tertiary/aromatic N) is 1. The molecule has 0 aliphatic heterocycles. The van der Waals surface area contributed by atoms with Crippen molar-refractivity contribution >= 4 is 10.9 Å². The molecule has 19 heavy (non-hydrogen) atoms. The molecule has 0 saturated carbocycles. The van der Waals surface area contributed by atoms with Gasteiger partial charge in [-0.25, -0.2) is 4.39 Å². The highest BCUT2D eigenvalue weighted by molar-refractivity contribution is 5.84. The van der Waals surface area contributed by atoms with Crippen LogP contribution >= 0.6 is 0 Å². The van der Waals surface area contributed by atoms with Crippen LogP contribution in [0.25, 0.3) is 10.9 Å². The van der Waals surface area contributed by atoms with E-state index in [4.69, 9.17) is 0 Å². The van der Waals surface area contributed by atoms with Crippen molar-refractivity contribution in [3.05, 3.63) is 40.8 Å². The van der Waals surface area contributed by atoms with Crippen LogP contribution in [0.5, 0.6) is 0 Å². The van der Waals surface area contributed by atoms with Crippen LogP contribution in [0.15, 0.2) is 18.2 Å². The van der Waals surface area contributed by atoms with Gasteiger partial charge < -0.3 is 5.11 Å². The van der Waals surface area contributed by atoms with Gasteiger partial charge in [-0.3, -0.25) is 4.98 Å². The summed E-state index contributed by atoms with van der Waals surface area (Å²) in [6.07, 6.45) is 4.12. The molecule has 0 atom stereocenters. The highest BCUT2D eigenvalue weighted by atomic mass is 19.1. The lowest BCUT2D eigenvalue weighted by Gasteiger charge is -2.27. The number of halogens is 1. The Morgan fingerprint density at radius 1 is 1.21 bits per heavy atom. The van der Waals surface area contributed by atoms with Crippen molar-refractivity contribution in [2.24, 2.45) is 0 Å². The van der Waals surface area contributed by atoms with E-state index in [1.807, 2.05) is 0 Å². The first-order valence-electron chi connectivity index (χ1n) is 6.80. The van der Waals surface area contributed by atoms with E-state index in [2.05, 4.69) is 4.98 Å². The minimum absolute atomic E-state index is 0.282. The van der Waals surface area contributed by atoms with Crippen molar-refractivity contribution in [3.8, 4) is 0 Å². The third-order valence-corrected chi connectivity index (χ3v) is 3.84. The molecule has 0 bridgehead atoms. The largest absolute Gasteiger partial charge is 0.386 e. The van der Waals surface area contributed by atoms with Gasteiger partial charge in [0.2, 0.25) is 0 Å². The van der Waals surface area contributed by atoms with E-state index in [0.717, 1.165) is 53.4 Å². The molecule has 1 heterocycles. The van der Waals surface area contributed by atoms with Gasteiger partial charge in [-0.05, 0) is 68.9 Å². The predicted molar refractivity (Wildman–Crippen MR) is 73.6 cm³/mol. The molecule has 1 aliphatic rings. The number of benzene rings is 1. The van der Waals surface area contributed by atoms with Crippen molar-refractivity contribution in [2.45, 2.75) is 45.1 Å². The zero-order valence-electron chi connectivity index (χ0n) is 11.3. The molecule has 2 aromatic rings. The minimum Gasteiger partial charge on any atom is -0.386 e. The van der Waals surface area contributed by atoms with Gasteiger partial charge in [0.25, 0.3) is 0 Å². The SMILES string of the molecule is CC(C)(O)c1c2c(nc3ccc(F)cc13)CCCC2. The Balaban J connectivity index is 2.41. The molecule has 0 unspecified atom stereocenters. The van der Waals surface area contributed by atoms with Crippen molar-refractivity contribution in [2.75, 3.05) is 0 Å².